The van der Waals surface area contributed by atoms with Gasteiger partial charge < -0.3 is 31.0 Å². The number of anilines is 4. The third-order valence-electron chi connectivity index (χ3n) is 5.61. The van der Waals surface area contributed by atoms with Crippen molar-refractivity contribution in [3.05, 3.63) is 108 Å². The Bertz CT molecular complexity index is 1660. The number of ether oxygens (including phenoxy) is 3. The number of aromatic nitrogens is 2. The number of nitrogens with two attached hydrogens (primary N) is 2. The van der Waals surface area contributed by atoms with Crippen LogP contribution in [0, 0.1) is 0 Å². The van der Waals surface area contributed by atoms with Crippen LogP contribution in [0.1, 0.15) is 35.6 Å². The monoisotopic (exact) mass is 569 g/mol. The first-order valence-electron chi connectivity index (χ1n) is 12.1. The molecule has 218 valence electrons. The van der Waals surface area contributed by atoms with Crippen LogP contribution in [0.3, 0.4) is 0 Å². The normalized spacial score (nSPS) is 9.67. The summed E-state index contributed by atoms with van der Waals surface area (Å²) in [5.41, 5.74) is 14.3. The fraction of sp³-hybridized carbons (Fsp3) is 0.125. The minimum absolute atomic E-state index is 0. The number of esters is 2. The number of benzene rings is 4. The van der Waals surface area contributed by atoms with E-state index in [2.05, 4.69) is 20.0 Å². The number of carbonyl (C=O) groups is 2. The molecule has 10 nitrogen and oxygen atoms in total. The van der Waals surface area contributed by atoms with Gasteiger partial charge in [0.2, 0.25) is 11.8 Å². The lowest BCUT2D eigenvalue weighted by atomic mass is 10.1. The smallest absolute Gasteiger partial charge is 0.337 e. The number of carbonyl (C=O) groups excluding carboxylic acids is 2. The third kappa shape index (κ3) is 8.18. The topological polar surface area (TPSA) is 152 Å². The average Bonchev–Trinajstić information content (AvgIpc) is 2.98. The Hall–Kier alpha value is -5.64. The highest BCUT2D eigenvalue weighted by molar-refractivity contribution is 5.97. The van der Waals surface area contributed by atoms with Crippen LogP contribution in [0.2, 0.25) is 0 Å². The highest BCUT2D eigenvalue weighted by Gasteiger charge is 2.10. The maximum absolute atomic E-state index is 11.7. The van der Waals surface area contributed by atoms with Gasteiger partial charge in [0.15, 0.2) is 0 Å². The van der Waals surface area contributed by atoms with E-state index in [4.69, 9.17) is 20.9 Å². The van der Waals surface area contributed by atoms with E-state index >= 15 is 0 Å². The molecule has 0 amide bonds. The molecule has 0 saturated heterocycles. The van der Waals surface area contributed by atoms with Crippen LogP contribution in [-0.4, -0.2) is 36.1 Å². The van der Waals surface area contributed by atoms with E-state index in [-0.39, 0.29) is 20.8 Å². The van der Waals surface area contributed by atoms with Crippen LogP contribution < -0.4 is 21.5 Å². The summed E-state index contributed by atoms with van der Waals surface area (Å²) in [7, 11) is 2.68. The van der Waals surface area contributed by atoms with Gasteiger partial charge in [0, 0.05) is 40.1 Å². The van der Waals surface area contributed by atoms with Gasteiger partial charge in [0.1, 0.15) is 5.75 Å². The lowest BCUT2D eigenvalue weighted by molar-refractivity contribution is 0.0592. The summed E-state index contributed by atoms with van der Waals surface area (Å²) in [4.78, 5) is 31.2. The van der Waals surface area contributed by atoms with E-state index in [9.17, 15) is 9.59 Å². The molecule has 5 N–H and O–H groups in total. The zero-order chi connectivity index (χ0) is 28.5. The predicted octanol–water partition coefficient (Wildman–Crippen LogP) is 6.86. The molecule has 5 aromatic rings. The van der Waals surface area contributed by atoms with E-state index in [1.54, 1.807) is 66.9 Å². The van der Waals surface area contributed by atoms with Gasteiger partial charge in [-0.15, -0.1) is 0 Å². The molecule has 0 aliphatic carbocycles. The van der Waals surface area contributed by atoms with Crippen molar-refractivity contribution in [1.82, 2.24) is 9.97 Å². The number of hydrogen-bond donors (Lipinski definition) is 3. The van der Waals surface area contributed by atoms with Crippen molar-refractivity contribution in [2.45, 2.75) is 14.9 Å². The Balaban J connectivity index is 0.000000404. The van der Waals surface area contributed by atoms with Crippen LogP contribution in [0.25, 0.3) is 10.8 Å². The molecule has 0 fully saturated rings. The van der Waals surface area contributed by atoms with Gasteiger partial charge in [-0.3, -0.25) is 0 Å². The molecule has 10 heteroatoms. The minimum atomic E-state index is -0.415. The fourth-order valence-corrected chi connectivity index (χ4v) is 3.71. The Morgan fingerprint density at radius 1 is 0.738 bits per heavy atom. The largest absolute Gasteiger partial charge is 0.465 e. The van der Waals surface area contributed by atoms with Crippen molar-refractivity contribution >= 4 is 45.7 Å². The summed E-state index contributed by atoms with van der Waals surface area (Å²) >= 11 is 0. The molecular formula is C32H35N5O5. The molecule has 1 heterocycles. The van der Waals surface area contributed by atoms with E-state index in [1.165, 1.54) is 14.2 Å². The third-order valence-corrected chi connectivity index (χ3v) is 5.61. The number of nitrogens with one attached hydrogen (secondary N) is 1. The number of nitrogen functional groups attached to an aromatic ring is 2. The van der Waals surface area contributed by atoms with Crippen molar-refractivity contribution in [2.24, 2.45) is 0 Å². The van der Waals surface area contributed by atoms with Crippen molar-refractivity contribution in [1.29, 1.82) is 0 Å². The standard InChI is InChI=1S/C22H18N4O3.C8H9NO2.2CH4/c1-28-21(27)14-5-4-6-15(13-14)25-22-24-12-11-20(26-22)29-19-10-9-18(23)16-7-2-3-8-17(16)19;1-11-8(10)6-3-2-4-7(9)5-6;;/h2-13H,23H2,1H3,(H,24,25,26);2-5H,9H2,1H3;2*1H4. The van der Waals surface area contributed by atoms with Crippen LogP contribution in [0.5, 0.6) is 11.6 Å². The van der Waals surface area contributed by atoms with Crippen LogP contribution in [-0.2, 0) is 9.47 Å². The van der Waals surface area contributed by atoms with Crippen molar-refractivity contribution in [3.63, 3.8) is 0 Å². The molecule has 42 heavy (non-hydrogen) atoms. The SMILES string of the molecule is C.C.COC(=O)c1cccc(N)c1.COC(=O)c1cccc(Nc2nccc(Oc3ccc(N)c4ccccc34)n2)c1. The highest BCUT2D eigenvalue weighted by atomic mass is 16.5. The molecule has 0 bridgehead atoms. The van der Waals surface area contributed by atoms with E-state index < -0.39 is 5.97 Å². The van der Waals surface area contributed by atoms with Crippen molar-refractivity contribution in [2.75, 3.05) is 31.0 Å². The zero-order valence-corrected chi connectivity index (χ0v) is 21.8. The quantitative estimate of drug-likeness (QED) is 0.146. The molecule has 0 aliphatic rings. The lowest BCUT2D eigenvalue weighted by Crippen LogP contribution is -2.03. The van der Waals surface area contributed by atoms with Crippen molar-refractivity contribution in [3.8, 4) is 11.6 Å². The molecule has 0 aliphatic heterocycles. The molecule has 0 saturated carbocycles. The summed E-state index contributed by atoms with van der Waals surface area (Å²) in [6.45, 7) is 0. The Morgan fingerprint density at radius 2 is 1.38 bits per heavy atom. The van der Waals surface area contributed by atoms with Gasteiger partial charge in [-0.25, -0.2) is 14.6 Å². The molecule has 0 radical (unpaired) electrons. The number of methoxy groups -OCH3 is 2. The first-order chi connectivity index (χ1) is 19.4. The molecule has 1 aromatic heterocycles. The van der Waals surface area contributed by atoms with Gasteiger partial charge in [-0.1, -0.05) is 51.3 Å². The summed E-state index contributed by atoms with van der Waals surface area (Å²) < 4.78 is 15.2. The maximum Gasteiger partial charge on any atom is 0.337 e. The highest BCUT2D eigenvalue weighted by Crippen LogP contribution is 2.32. The Morgan fingerprint density at radius 3 is 2.05 bits per heavy atom. The molecule has 0 spiro atoms. The molecule has 5 rings (SSSR count). The molecule has 4 aromatic carbocycles. The first-order valence-corrected chi connectivity index (χ1v) is 12.1. The summed E-state index contributed by atoms with van der Waals surface area (Å²) in [6, 6.07) is 26.6. The maximum atomic E-state index is 11.7. The zero-order valence-electron chi connectivity index (χ0n) is 21.8. The Labute approximate surface area is 245 Å². The average molecular weight is 570 g/mol. The minimum Gasteiger partial charge on any atom is -0.465 e. The number of nitrogens with zero attached hydrogens (tertiary/aromatic N) is 2. The second-order valence-corrected chi connectivity index (χ2v) is 8.33. The lowest BCUT2D eigenvalue weighted by Gasteiger charge is -2.11. The Kier molecular flexibility index (Phi) is 11.8. The fourth-order valence-electron chi connectivity index (χ4n) is 3.71. The second kappa shape index (κ2) is 15.2. The first kappa shape index (κ1) is 32.6. The molecule has 0 unspecified atom stereocenters. The number of hydrogen-bond acceptors (Lipinski definition) is 10. The van der Waals surface area contributed by atoms with E-state index in [0.29, 0.717) is 45.8 Å². The molecule has 0 atom stereocenters. The summed E-state index contributed by atoms with van der Waals surface area (Å²) in [5.74, 6) is 0.581. The van der Waals surface area contributed by atoms with Crippen LogP contribution >= 0.6 is 0 Å². The van der Waals surface area contributed by atoms with Gasteiger partial charge in [0.05, 0.1) is 25.3 Å². The second-order valence-electron chi connectivity index (χ2n) is 8.33. The van der Waals surface area contributed by atoms with Crippen LogP contribution in [0.15, 0.2) is 97.2 Å². The summed E-state index contributed by atoms with van der Waals surface area (Å²) in [6.07, 6.45) is 1.59. The van der Waals surface area contributed by atoms with Crippen LogP contribution in [0.4, 0.5) is 23.0 Å². The predicted molar refractivity (Wildman–Crippen MR) is 167 cm³/mol. The van der Waals surface area contributed by atoms with Crippen molar-refractivity contribution < 1.29 is 23.8 Å². The van der Waals surface area contributed by atoms with Gasteiger partial charge >= 0.3 is 11.9 Å². The summed E-state index contributed by atoms with van der Waals surface area (Å²) in [5, 5.41) is 4.87. The van der Waals surface area contributed by atoms with E-state index in [0.717, 1.165) is 10.8 Å². The number of rotatable bonds is 6. The van der Waals surface area contributed by atoms with Gasteiger partial charge in [-0.05, 0) is 48.5 Å². The number of fused-ring (bicyclic) bond motifs is 1. The van der Waals surface area contributed by atoms with Gasteiger partial charge in [-0.2, -0.15) is 4.98 Å². The van der Waals surface area contributed by atoms with Gasteiger partial charge in [0.25, 0.3) is 0 Å². The molecular weight excluding hydrogens is 534 g/mol. The van der Waals surface area contributed by atoms with E-state index in [1.807, 2.05) is 30.3 Å².